The number of fused-ring (bicyclic) bond motifs is 3. The molecule has 7 rings (SSSR count). The van der Waals surface area contributed by atoms with Gasteiger partial charge in [0, 0.05) is 5.39 Å². The second-order valence-electron chi connectivity index (χ2n) is 10.3. The fourth-order valence-electron chi connectivity index (χ4n) is 5.17. The van der Waals surface area contributed by atoms with Crippen molar-refractivity contribution in [1.29, 1.82) is 0 Å². The van der Waals surface area contributed by atoms with Crippen LogP contribution in [-0.4, -0.2) is 0 Å². The van der Waals surface area contributed by atoms with E-state index < -0.39 is 0 Å². The van der Waals surface area contributed by atoms with Gasteiger partial charge < -0.3 is 15.9 Å². The summed E-state index contributed by atoms with van der Waals surface area (Å²) in [6.45, 7) is 2.61. The van der Waals surface area contributed by atoms with Gasteiger partial charge in [0.2, 0.25) is 0 Å². The minimum Gasteiger partial charge on any atom is -0.486 e. The average Bonchev–Trinajstić information content (AvgIpc) is 3.53. The van der Waals surface area contributed by atoms with Crippen LogP contribution >= 0.6 is 0 Å². The molecule has 4 nitrogen and oxygen atoms in total. The third kappa shape index (κ3) is 5.93. The molecule has 0 bridgehead atoms. The summed E-state index contributed by atoms with van der Waals surface area (Å²) in [7, 11) is 0. The van der Waals surface area contributed by atoms with Crippen molar-refractivity contribution >= 4 is 32.9 Å². The first-order chi connectivity index (χ1) is 20.2. The number of hydrogen-bond acceptors (Lipinski definition) is 4. The number of nitrogens with two attached hydrogens (primary N) is 1. The first-order valence-corrected chi connectivity index (χ1v) is 13.9. The predicted molar refractivity (Wildman–Crippen MR) is 171 cm³/mol. The third-order valence-electron chi connectivity index (χ3n) is 7.30. The standard InChI is InChI=1S/C22H19NO.C15H14N2/c1-15-7-11-19-18(13-15)9-8-17-10-12-20(23)22(21(17)19)24-14-16-5-3-2-4-6-16;1-3-7-12(8-4-1)14-11-15(17-16-14)13-9-5-2-6-10-13/h2-13H,14,23H2,1H3;1-11,14,16-17H. The molecule has 1 heterocycles. The van der Waals surface area contributed by atoms with Crippen LogP contribution < -0.4 is 21.3 Å². The Balaban J connectivity index is 0.000000156. The van der Waals surface area contributed by atoms with E-state index >= 15 is 0 Å². The lowest BCUT2D eigenvalue weighted by molar-refractivity contribution is 0.312. The smallest absolute Gasteiger partial charge is 0.151 e. The Kier molecular flexibility index (Phi) is 7.65. The number of ether oxygens (including phenoxy) is 1. The summed E-state index contributed by atoms with van der Waals surface area (Å²) >= 11 is 0. The third-order valence-corrected chi connectivity index (χ3v) is 7.30. The van der Waals surface area contributed by atoms with Gasteiger partial charge >= 0.3 is 0 Å². The highest BCUT2D eigenvalue weighted by atomic mass is 16.5. The molecule has 6 aromatic rings. The van der Waals surface area contributed by atoms with Gasteiger partial charge in [0.15, 0.2) is 5.75 Å². The lowest BCUT2D eigenvalue weighted by atomic mass is 9.99. The van der Waals surface area contributed by atoms with Gasteiger partial charge in [0.1, 0.15) is 6.61 Å². The van der Waals surface area contributed by atoms with Gasteiger partial charge in [0.25, 0.3) is 0 Å². The maximum atomic E-state index is 6.25. The molecule has 0 amide bonds. The van der Waals surface area contributed by atoms with Crippen molar-refractivity contribution in [2.45, 2.75) is 19.6 Å². The summed E-state index contributed by atoms with van der Waals surface area (Å²) in [4.78, 5) is 0. The monoisotopic (exact) mass is 535 g/mol. The number of benzene rings is 6. The molecule has 6 aromatic carbocycles. The summed E-state index contributed by atoms with van der Waals surface area (Å²) in [5, 5.41) is 4.61. The van der Waals surface area contributed by atoms with E-state index in [0.717, 1.165) is 27.8 Å². The molecule has 0 radical (unpaired) electrons. The quantitative estimate of drug-likeness (QED) is 0.153. The maximum Gasteiger partial charge on any atom is 0.151 e. The van der Waals surface area contributed by atoms with Gasteiger partial charge in [-0.15, -0.1) is 0 Å². The molecule has 4 N–H and O–H groups in total. The van der Waals surface area contributed by atoms with Gasteiger partial charge in [-0.1, -0.05) is 133 Å². The Hall–Kier alpha value is -5.06. The summed E-state index contributed by atoms with van der Waals surface area (Å²) < 4.78 is 6.15. The van der Waals surface area contributed by atoms with Crippen LogP contribution in [-0.2, 0) is 6.61 Å². The Morgan fingerprint density at radius 3 is 2.12 bits per heavy atom. The molecule has 0 aliphatic carbocycles. The average molecular weight is 536 g/mol. The van der Waals surface area contributed by atoms with Crippen molar-refractivity contribution in [2.24, 2.45) is 0 Å². The van der Waals surface area contributed by atoms with Crippen LogP contribution in [0.1, 0.15) is 28.3 Å². The zero-order chi connectivity index (χ0) is 28.0. The van der Waals surface area contributed by atoms with Gasteiger partial charge in [0.05, 0.1) is 17.4 Å². The van der Waals surface area contributed by atoms with Crippen molar-refractivity contribution in [3.8, 4) is 5.75 Å². The molecule has 0 saturated carbocycles. The van der Waals surface area contributed by atoms with Crippen molar-refractivity contribution in [2.75, 3.05) is 5.73 Å². The molecule has 4 heteroatoms. The molecule has 1 aliphatic heterocycles. The minimum absolute atomic E-state index is 0.242. The zero-order valence-electron chi connectivity index (χ0n) is 23.0. The highest BCUT2D eigenvalue weighted by Crippen LogP contribution is 2.38. The number of nitrogens with one attached hydrogen (secondary N) is 2. The number of hydrazine groups is 1. The van der Waals surface area contributed by atoms with E-state index in [1.165, 1.54) is 27.5 Å². The normalized spacial score (nSPS) is 14.2. The van der Waals surface area contributed by atoms with E-state index in [1.54, 1.807) is 0 Å². The molecule has 202 valence electrons. The van der Waals surface area contributed by atoms with Crippen LogP contribution in [0.3, 0.4) is 0 Å². The number of aryl methyl sites for hydroxylation is 1. The minimum atomic E-state index is 0.242. The van der Waals surface area contributed by atoms with E-state index in [9.17, 15) is 0 Å². The van der Waals surface area contributed by atoms with Gasteiger partial charge in [-0.2, -0.15) is 0 Å². The number of anilines is 1. The SMILES string of the molecule is C1=C(c2ccccc2)NNC1c1ccccc1.Cc1ccc2c(ccc3ccc(N)c(OCc4ccccc4)c32)c1. The van der Waals surface area contributed by atoms with E-state index in [2.05, 4.69) is 109 Å². The fraction of sp³-hybridized carbons (Fsp3) is 0.0811. The molecule has 0 aromatic heterocycles. The van der Waals surface area contributed by atoms with Crippen LogP contribution in [0.25, 0.3) is 27.2 Å². The zero-order valence-corrected chi connectivity index (χ0v) is 23.0. The molecule has 1 unspecified atom stereocenters. The van der Waals surface area contributed by atoms with Crippen LogP contribution in [0, 0.1) is 6.92 Å². The van der Waals surface area contributed by atoms with Gasteiger partial charge in [-0.3, -0.25) is 0 Å². The molecule has 0 saturated heterocycles. The van der Waals surface area contributed by atoms with Crippen molar-refractivity contribution in [3.05, 3.63) is 162 Å². The van der Waals surface area contributed by atoms with Gasteiger partial charge in [-0.25, -0.2) is 5.43 Å². The summed E-state index contributed by atoms with van der Waals surface area (Å²) in [5.74, 6) is 0.769. The van der Waals surface area contributed by atoms with Crippen molar-refractivity contribution in [3.63, 3.8) is 0 Å². The second-order valence-corrected chi connectivity index (χ2v) is 10.3. The molecular formula is C37H33N3O. The van der Waals surface area contributed by atoms with E-state index in [0.29, 0.717) is 12.3 Å². The Bertz CT molecular complexity index is 1800. The molecule has 41 heavy (non-hydrogen) atoms. The predicted octanol–water partition coefficient (Wildman–Crippen LogP) is 8.34. The highest BCUT2D eigenvalue weighted by Gasteiger charge is 2.16. The summed E-state index contributed by atoms with van der Waals surface area (Å²) in [5.41, 5.74) is 19.4. The van der Waals surface area contributed by atoms with E-state index in [4.69, 9.17) is 10.5 Å². The number of nitrogen functional groups attached to an aromatic ring is 1. The van der Waals surface area contributed by atoms with Crippen LogP contribution in [0.4, 0.5) is 5.69 Å². The topological polar surface area (TPSA) is 59.3 Å². The maximum absolute atomic E-state index is 6.25. The lowest BCUT2D eigenvalue weighted by Gasteiger charge is -2.14. The first kappa shape index (κ1) is 26.2. The van der Waals surface area contributed by atoms with Crippen molar-refractivity contribution < 1.29 is 4.74 Å². The largest absolute Gasteiger partial charge is 0.486 e. The molecule has 0 spiro atoms. The fourth-order valence-corrected chi connectivity index (χ4v) is 5.17. The second kappa shape index (κ2) is 12.0. The van der Waals surface area contributed by atoms with E-state index in [-0.39, 0.29) is 6.04 Å². The number of hydrogen-bond donors (Lipinski definition) is 3. The van der Waals surface area contributed by atoms with Crippen LogP contribution in [0.5, 0.6) is 5.75 Å². The Morgan fingerprint density at radius 2 is 1.37 bits per heavy atom. The lowest BCUT2D eigenvalue weighted by Crippen LogP contribution is -2.26. The summed E-state index contributed by atoms with van der Waals surface area (Å²) in [6, 6.07) is 45.9. The summed E-state index contributed by atoms with van der Waals surface area (Å²) in [6.07, 6.45) is 2.21. The molecule has 1 aliphatic rings. The first-order valence-electron chi connectivity index (χ1n) is 13.9. The Labute approximate surface area is 241 Å². The molecular weight excluding hydrogens is 502 g/mol. The van der Waals surface area contributed by atoms with Crippen LogP contribution in [0.2, 0.25) is 0 Å². The highest BCUT2D eigenvalue weighted by molar-refractivity contribution is 6.12. The van der Waals surface area contributed by atoms with Gasteiger partial charge in [-0.05, 0) is 51.9 Å². The van der Waals surface area contributed by atoms with E-state index in [1.807, 2.05) is 48.5 Å². The molecule has 0 fully saturated rings. The molecule has 1 atom stereocenters. The number of rotatable bonds is 5. The van der Waals surface area contributed by atoms with Crippen LogP contribution in [0.15, 0.2) is 140 Å². The Morgan fingerprint density at radius 1 is 0.707 bits per heavy atom. The van der Waals surface area contributed by atoms with Crippen molar-refractivity contribution in [1.82, 2.24) is 10.9 Å².